The molecule has 1 unspecified atom stereocenters. The van der Waals surface area contributed by atoms with Crippen molar-refractivity contribution < 1.29 is 9.13 Å². The van der Waals surface area contributed by atoms with Gasteiger partial charge in [0, 0.05) is 11.1 Å². The number of rotatable bonds is 5. The van der Waals surface area contributed by atoms with Gasteiger partial charge in [-0.2, -0.15) is 5.10 Å². The number of hydrazine groups is 1. The summed E-state index contributed by atoms with van der Waals surface area (Å²) in [6, 6.07) is 7.41. The summed E-state index contributed by atoms with van der Waals surface area (Å²) in [7, 11) is 1.50. The lowest BCUT2D eigenvalue weighted by atomic mass is 10.0. The lowest BCUT2D eigenvalue weighted by Crippen LogP contribution is -2.30. The van der Waals surface area contributed by atoms with Gasteiger partial charge in [-0.05, 0) is 36.2 Å². The molecule has 7 heteroatoms. The van der Waals surface area contributed by atoms with Gasteiger partial charge in [0.05, 0.1) is 18.8 Å². The first-order valence-corrected chi connectivity index (χ1v) is 6.29. The normalized spacial score (nSPS) is 12.2. The molecule has 1 heterocycles. The zero-order valence-corrected chi connectivity index (χ0v) is 11.6. The highest BCUT2D eigenvalue weighted by atomic mass is 35.5. The summed E-state index contributed by atoms with van der Waals surface area (Å²) in [6.07, 6.45) is 0.309. The first-order chi connectivity index (χ1) is 9.63. The second kappa shape index (κ2) is 6.60. The van der Waals surface area contributed by atoms with Gasteiger partial charge in [-0.25, -0.2) is 4.39 Å². The number of benzene rings is 1. The predicted molar refractivity (Wildman–Crippen MR) is 73.8 cm³/mol. The third-order valence-electron chi connectivity index (χ3n) is 2.86. The number of aromatic nitrogens is 2. The Bertz CT molecular complexity index is 579. The van der Waals surface area contributed by atoms with Crippen LogP contribution in [0.1, 0.15) is 17.3 Å². The van der Waals surface area contributed by atoms with Gasteiger partial charge >= 0.3 is 0 Å². The Hall–Kier alpha value is -1.76. The molecule has 5 nitrogen and oxygen atoms in total. The number of nitrogens with two attached hydrogens (primary N) is 1. The van der Waals surface area contributed by atoms with E-state index < -0.39 is 0 Å². The maximum absolute atomic E-state index is 13.7. The highest BCUT2D eigenvalue weighted by Gasteiger charge is 2.15. The first-order valence-electron chi connectivity index (χ1n) is 5.91. The van der Waals surface area contributed by atoms with Gasteiger partial charge in [-0.3, -0.25) is 11.3 Å². The number of hydrogen-bond donors (Lipinski definition) is 2. The maximum Gasteiger partial charge on any atom is 0.233 e. The van der Waals surface area contributed by atoms with Crippen LogP contribution in [0, 0.1) is 5.82 Å². The summed E-state index contributed by atoms with van der Waals surface area (Å²) in [6.45, 7) is 0. The minimum absolute atomic E-state index is 0.309. The van der Waals surface area contributed by atoms with Crippen molar-refractivity contribution in [2.24, 2.45) is 5.84 Å². The number of methoxy groups -OCH3 is 1. The van der Waals surface area contributed by atoms with Gasteiger partial charge in [0.15, 0.2) is 0 Å². The molecular weight excluding hydrogens is 283 g/mol. The minimum atomic E-state index is -0.374. The Morgan fingerprint density at radius 3 is 2.75 bits per heavy atom. The van der Waals surface area contributed by atoms with Crippen molar-refractivity contribution in [3.05, 3.63) is 52.4 Å². The molecule has 2 aromatic rings. The van der Waals surface area contributed by atoms with Crippen LogP contribution in [0.4, 0.5) is 4.39 Å². The van der Waals surface area contributed by atoms with E-state index in [1.54, 1.807) is 18.2 Å². The lowest BCUT2D eigenvalue weighted by Gasteiger charge is -2.15. The molecule has 0 aliphatic carbocycles. The molecule has 0 saturated carbocycles. The van der Waals surface area contributed by atoms with Crippen LogP contribution in [-0.2, 0) is 6.42 Å². The molecule has 1 aromatic carbocycles. The fourth-order valence-corrected chi connectivity index (χ4v) is 1.99. The molecule has 0 bridgehead atoms. The van der Waals surface area contributed by atoms with E-state index in [2.05, 4.69) is 15.6 Å². The molecule has 2 rings (SSSR count). The van der Waals surface area contributed by atoms with Gasteiger partial charge < -0.3 is 4.74 Å². The Labute approximate surface area is 120 Å². The van der Waals surface area contributed by atoms with Crippen LogP contribution in [0.2, 0.25) is 5.02 Å². The third-order valence-corrected chi connectivity index (χ3v) is 3.09. The highest BCUT2D eigenvalue weighted by Crippen LogP contribution is 2.21. The van der Waals surface area contributed by atoms with Crippen LogP contribution in [0.15, 0.2) is 30.3 Å². The molecule has 0 fully saturated rings. The Morgan fingerprint density at radius 2 is 2.15 bits per heavy atom. The second-order valence-corrected chi connectivity index (χ2v) is 4.60. The molecule has 0 radical (unpaired) electrons. The van der Waals surface area contributed by atoms with Gasteiger partial charge in [-0.15, -0.1) is 5.10 Å². The summed E-state index contributed by atoms with van der Waals surface area (Å²) >= 11 is 5.87. The molecule has 0 spiro atoms. The van der Waals surface area contributed by atoms with Crippen molar-refractivity contribution in [2.75, 3.05) is 7.11 Å². The fraction of sp³-hybridized carbons (Fsp3) is 0.231. The predicted octanol–water partition coefficient (Wildman–Crippen LogP) is 2.02. The summed E-state index contributed by atoms with van der Waals surface area (Å²) < 4.78 is 18.7. The molecule has 3 N–H and O–H groups in total. The van der Waals surface area contributed by atoms with E-state index in [-0.39, 0.29) is 11.9 Å². The van der Waals surface area contributed by atoms with Gasteiger partial charge in [0.1, 0.15) is 5.82 Å². The number of halogens is 2. The second-order valence-electron chi connectivity index (χ2n) is 4.16. The zero-order valence-electron chi connectivity index (χ0n) is 10.8. The van der Waals surface area contributed by atoms with E-state index in [0.717, 1.165) is 0 Å². The standard InChI is InChI=1S/C13H14ClFN4O/c1-20-13-5-4-11(18-19-13)12(17-16)7-8-6-9(14)2-3-10(8)15/h2-6,12,17H,7,16H2,1H3. The SMILES string of the molecule is COc1ccc(C(Cc2cc(Cl)ccc2F)NN)nn1. The third kappa shape index (κ3) is 3.41. The number of nitrogens with zero attached hydrogens (tertiary/aromatic N) is 2. The van der Waals surface area contributed by atoms with Crippen molar-refractivity contribution in [2.45, 2.75) is 12.5 Å². The molecule has 0 saturated heterocycles. The fourth-order valence-electron chi connectivity index (χ4n) is 1.79. The maximum atomic E-state index is 13.7. The molecule has 1 aromatic heterocycles. The molecule has 0 aliphatic rings. The van der Waals surface area contributed by atoms with E-state index in [0.29, 0.717) is 28.6 Å². The first kappa shape index (κ1) is 14.6. The monoisotopic (exact) mass is 296 g/mol. The summed E-state index contributed by atoms with van der Waals surface area (Å²) in [5, 5.41) is 8.33. The van der Waals surface area contributed by atoms with Gasteiger partial charge in [-0.1, -0.05) is 11.6 Å². The molecule has 106 valence electrons. The average Bonchev–Trinajstić information content (AvgIpc) is 2.48. The molecule has 0 aliphatic heterocycles. The average molecular weight is 297 g/mol. The number of nitrogens with one attached hydrogen (secondary N) is 1. The van der Waals surface area contributed by atoms with Crippen molar-refractivity contribution in [1.82, 2.24) is 15.6 Å². The van der Waals surface area contributed by atoms with Crippen LogP contribution in [-0.4, -0.2) is 17.3 Å². The zero-order chi connectivity index (χ0) is 14.5. The number of hydrogen-bond acceptors (Lipinski definition) is 5. The van der Waals surface area contributed by atoms with Crippen LogP contribution in [0.3, 0.4) is 0 Å². The molecule has 20 heavy (non-hydrogen) atoms. The van der Waals surface area contributed by atoms with Crippen LogP contribution >= 0.6 is 11.6 Å². The Kier molecular flexibility index (Phi) is 4.84. The van der Waals surface area contributed by atoms with Crippen molar-refractivity contribution in [3.8, 4) is 5.88 Å². The van der Waals surface area contributed by atoms with E-state index >= 15 is 0 Å². The lowest BCUT2D eigenvalue weighted by molar-refractivity contribution is 0.389. The van der Waals surface area contributed by atoms with Crippen LogP contribution < -0.4 is 16.0 Å². The Balaban J connectivity index is 2.21. The van der Waals surface area contributed by atoms with E-state index in [9.17, 15) is 4.39 Å². The minimum Gasteiger partial charge on any atom is -0.480 e. The van der Waals surface area contributed by atoms with Crippen molar-refractivity contribution >= 4 is 11.6 Å². The summed E-state index contributed by atoms with van der Waals surface area (Å²) in [5.74, 6) is 5.57. The van der Waals surface area contributed by atoms with Crippen molar-refractivity contribution in [1.29, 1.82) is 0 Å². The smallest absolute Gasteiger partial charge is 0.233 e. The Morgan fingerprint density at radius 1 is 1.35 bits per heavy atom. The highest BCUT2D eigenvalue weighted by molar-refractivity contribution is 6.30. The topological polar surface area (TPSA) is 73.1 Å². The summed E-state index contributed by atoms with van der Waals surface area (Å²) in [5.41, 5.74) is 3.64. The van der Waals surface area contributed by atoms with E-state index in [1.165, 1.54) is 19.2 Å². The summed E-state index contributed by atoms with van der Waals surface area (Å²) in [4.78, 5) is 0. The largest absolute Gasteiger partial charge is 0.480 e. The molecule has 1 atom stereocenters. The van der Waals surface area contributed by atoms with Crippen LogP contribution in [0.5, 0.6) is 5.88 Å². The van der Waals surface area contributed by atoms with E-state index in [4.69, 9.17) is 22.2 Å². The van der Waals surface area contributed by atoms with E-state index in [1.807, 2.05) is 0 Å². The van der Waals surface area contributed by atoms with Crippen molar-refractivity contribution in [3.63, 3.8) is 0 Å². The van der Waals surface area contributed by atoms with Crippen LogP contribution in [0.25, 0.3) is 0 Å². The van der Waals surface area contributed by atoms with Gasteiger partial charge in [0.25, 0.3) is 0 Å². The molecular formula is C13H14ClFN4O. The quantitative estimate of drug-likeness (QED) is 0.652. The number of ether oxygens (including phenoxy) is 1. The van der Waals surface area contributed by atoms with Gasteiger partial charge in [0.2, 0.25) is 5.88 Å². The molecule has 0 amide bonds.